The van der Waals surface area contributed by atoms with Gasteiger partial charge in [-0.2, -0.15) is 0 Å². The monoisotopic (exact) mass is 389 g/mol. The van der Waals surface area contributed by atoms with Gasteiger partial charge >= 0.3 is 0 Å². The van der Waals surface area contributed by atoms with E-state index < -0.39 is 6.10 Å². The van der Waals surface area contributed by atoms with Crippen molar-refractivity contribution in [2.75, 3.05) is 13.2 Å². The van der Waals surface area contributed by atoms with Crippen LogP contribution in [0.25, 0.3) is 0 Å². The summed E-state index contributed by atoms with van der Waals surface area (Å²) in [6.45, 7) is 0.557. The number of carbonyl (C=O) groups excluding carboxylic acids is 2. The van der Waals surface area contributed by atoms with Crippen molar-refractivity contribution in [3.05, 3.63) is 30.1 Å². The summed E-state index contributed by atoms with van der Waals surface area (Å²) in [6.07, 6.45) is 10.3. The molecule has 1 saturated heterocycles. The van der Waals surface area contributed by atoms with Crippen molar-refractivity contribution in [2.24, 2.45) is 5.92 Å². The van der Waals surface area contributed by atoms with Crippen LogP contribution in [-0.4, -0.2) is 53.3 Å². The lowest BCUT2D eigenvalue weighted by Gasteiger charge is -2.36. The zero-order chi connectivity index (χ0) is 19.8. The summed E-state index contributed by atoms with van der Waals surface area (Å²) in [4.78, 5) is 28.5. The molecule has 7 heteroatoms. The zero-order valence-electron chi connectivity index (χ0n) is 16.3. The van der Waals surface area contributed by atoms with Gasteiger partial charge in [0.25, 0.3) is 5.91 Å². The fraction of sp³-hybridized carbons (Fsp3) is 0.667. The van der Waals surface area contributed by atoms with Gasteiger partial charge in [0.2, 0.25) is 5.91 Å². The van der Waals surface area contributed by atoms with E-state index in [-0.39, 0.29) is 30.6 Å². The molecule has 1 aromatic rings. The van der Waals surface area contributed by atoms with Crippen LogP contribution in [-0.2, 0) is 9.53 Å². The van der Waals surface area contributed by atoms with E-state index in [0.717, 1.165) is 6.54 Å². The number of pyridine rings is 1. The molecular weight excluding hydrogens is 358 g/mol. The van der Waals surface area contributed by atoms with E-state index >= 15 is 0 Å². The Morgan fingerprint density at radius 2 is 1.86 bits per heavy atom. The molecule has 7 nitrogen and oxygen atoms in total. The average Bonchev–Trinajstić information content (AvgIpc) is 2.74. The van der Waals surface area contributed by atoms with Crippen LogP contribution in [0.15, 0.2) is 24.5 Å². The Morgan fingerprint density at radius 3 is 2.57 bits per heavy atom. The summed E-state index contributed by atoms with van der Waals surface area (Å²) in [5.41, 5.74) is 0.524. The van der Waals surface area contributed by atoms with E-state index in [1.807, 2.05) is 0 Å². The Labute approximate surface area is 166 Å². The van der Waals surface area contributed by atoms with Gasteiger partial charge < -0.3 is 20.5 Å². The van der Waals surface area contributed by atoms with E-state index in [0.29, 0.717) is 30.7 Å². The molecule has 0 bridgehead atoms. The van der Waals surface area contributed by atoms with Gasteiger partial charge in [-0.1, -0.05) is 19.3 Å². The maximum absolute atomic E-state index is 12.3. The van der Waals surface area contributed by atoms with Crippen LogP contribution in [0, 0.1) is 5.92 Å². The molecule has 2 fully saturated rings. The molecule has 28 heavy (non-hydrogen) atoms. The number of hydrogen-bond donors (Lipinski definition) is 3. The lowest BCUT2D eigenvalue weighted by atomic mass is 9.89. The van der Waals surface area contributed by atoms with Crippen LogP contribution in [0.5, 0.6) is 0 Å². The van der Waals surface area contributed by atoms with Crippen molar-refractivity contribution in [1.29, 1.82) is 0 Å². The number of carbonyl (C=O) groups is 2. The van der Waals surface area contributed by atoms with Crippen molar-refractivity contribution >= 4 is 11.8 Å². The molecule has 0 unspecified atom stereocenters. The van der Waals surface area contributed by atoms with Crippen LogP contribution >= 0.6 is 0 Å². The molecular formula is C21H31N3O4. The van der Waals surface area contributed by atoms with Gasteiger partial charge in [-0.05, 0) is 43.7 Å². The minimum Gasteiger partial charge on any atom is -0.394 e. The van der Waals surface area contributed by atoms with Crippen molar-refractivity contribution in [2.45, 2.75) is 69.6 Å². The Balaban J connectivity index is 1.43. The van der Waals surface area contributed by atoms with E-state index in [2.05, 4.69) is 15.6 Å². The minimum absolute atomic E-state index is 0.00605. The third kappa shape index (κ3) is 6.01. The Hall–Kier alpha value is -1.99. The van der Waals surface area contributed by atoms with Gasteiger partial charge in [0.1, 0.15) is 6.10 Å². The SMILES string of the molecule is O=C(C[C@@H]1CC[C@@H](NC(=O)c2ccncc2)[C@@H](CO)O1)NCC1CCCCC1. The Kier molecular flexibility index (Phi) is 7.80. The van der Waals surface area contributed by atoms with Crippen molar-refractivity contribution in [3.63, 3.8) is 0 Å². The fourth-order valence-corrected chi connectivity index (χ4v) is 4.13. The van der Waals surface area contributed by atoms with Gasteiger partial charge in [0.15, 0.2) is 0 Å². The van der Waals surface area contributed by atoms with E-state index in [1.165, 1.54) is 32.1 Å². The molecule has 3 atom stereocenters. The highest BCUT2D eigenvalue weighted by atomic mass is 16.5. The first kappa shape index (κ1) is 20.7. The maximum atomic E-state index is 12.3. The predicted molar refractivity (Wildman–Crippen MR) is 105 cm³/mol. The summed E-state index contributed by atoms with van der Waals surface area (Å²) in [7, 11) is 0. The van der Waals surface area contributed by atoms with E-state index in [9.17, 15) is 14.7 Å². The molecule has 0 spiro atoms. The Morgan fingerprint density at radius 1 is 1.11 bits per heavy atom. The fourth-order valence-electron chi connectivity index (χ4n) is 4.13. The van der Waals surface area contributed by atoms with E-state index in [4.69, 9.17) is 4.74 Å². The largest absolute Gasteiger partial charge is 0.394 e. The van der Waals surface area contributed by atoms with Crippen molar-refractivity contribution < 1.29 is 19.4 Å². The smallest absolute Gasteiger partial charge is 0.251 e. The van der Waals surface area contributed by atoms with Crippen LogP contribution < -0.4 is 10.6 Å². The number of nitrogens with zero attached hydrogens (tertiary/aromatic N) is 1. The normalized spacial score (nSPS) is 25.8. The second kappa shape index (κ2) is 10.5. The number of aliphatic hydroxyl groups is 1. The van der Waals surface area contributed by atoms with Gasteiger partial charge in [0.05, 0.1) is 25.2 Å². The number of hydrogen-bond acceptors (Lipinski definition) is 5. The van der Waals surface area contributed by atoms with Gasteiger partial charge in [-0.15, -0.1) is 0 Å². The Bertz CT molecular complexity index is 634. The molecule has 2 aliphatic rings. The lowest BCUT2D eigenvalue weighted by molar-refractivity contribution is -0.131. The van der Waals surface area contributed by atoms with Crippen LogP contribution in [0.4, 0.5) is 0 Å². The first-order chi connectivity index (χ1) is 13.7. The molecule has 1 aliphatic carbocycles. The standard InChI is InChI=1S/C21H31N3O4/c25-14-19-18(24-21(27)16-8-10-22-11-9-16)7-6-17(28-19)12-20(26)23-13-15-4-2-1-3-5-15/h8-11,15,17-19,25H,1-7,12-14H2,(H,23,26)(H,24,27)/t17-,18+,19+/m0/s1. The zero-order valence-corrected chi connectivity index (χ0v) is 16.3. The summed E-state index contributed by atoms with van der Waals surface area (Å²) in [6, 6.07) is 3.02. The molecule has 154 valence electrons. The first-order valence-electron chi connectivity index (χ1n) is 10.4. The minimum atomic E-state index is -0.504. The van der Waals surface area contributed by atoms with Crippen LogP contribution in [0.1, 0.15) is 61.7 Å². The first-order valence-corrected chi connectivity index (χ1v) is 10.4. The third-order valence-corrected chi connectivity index (χ3v) is 5.78. The van der Waals surface area contributed by atoms with Crippen LogP contribution in [0.2, 0.25) is 0 Å². The highest BCUT2D eigenvalue weighted by molar-refractivity contribution is 5.94. The molecule has 1 aromatic heterocycles. The molecule has 2 heterocycles. The summed E-state index contributed by atoms with van der Waals surface area (Å²) in [5.74, 6) is 0.396. The topological polar surface area (TPSA) is 101 Å². The highest BCUT2D eigenvalue weighted by Gasteiger charge is 2.33. The molecule has 1 aliphatic heterocycles. The number of aromatic nitrogens is 1. The number of aliphatic hydroxyl groups excluding tert-OH is 1. The summed E-state index contributed by atoms with van der Waals surface area (Å²) in [5, 5.41) is 15.6. The lowest BCUT2D eigenvalue weighted by Crippen LogP contribution is -2.51. The second-order valence-electron chi connectivity index (χ2n) is 7.88. The molecule has 3 rings (SSSR count). The number of nitrogens with one attached hydrogen (secondary N) is 2. The predicted octanol–water partition coefficient (Wildman–Crippen LogP) is 1.81. The molecule has 0 aromatic carbocycles. The molecule has 0 radical (unpaired) electrons. The molecule has 3 N–H and O–H groups in total. The third-order valence-electron chi connectivity index (χ3n) is 5.78. The number of ether oxygens (including phenoxy) is 1. The quantitative estimate of drug-likeness (QED) is 0.660. The second-order valence-corrected chi connectivity index (χ2v) is 7.88. The summed E-state index contributed by atoms with van der Waals surface area (Å²) < 4.78 is 5.91. The summed E-state index contributed by atoms with van der Waals surface area (Å²) >= 11 is 0. The molecule has 2 amide bonds. The molecule has 1 saturated carbocycles. The average molecular weight is 389 g/mol. The van der Waals surface area contributed by atoms with Gasteiger partial charge in [0, 0.05) is 24.5 Å². The van der Waals surface area contributed by atoms with Gasteiger partial charge in [-0.3, -0.25) is 14.6 Å². The van der Waals surface area contributed by atoms with Gasteiger partial charge in [-0.25, -0.2) is 0 Å². The van der Waals surface area contributed by atoms with Crippen molar-refractivity contribution in [3.8, 4) is 0 Å². The highest BCUT2D eigenvalue weighted by Crippen LogP contribution is 2.24. The van der Waals surface area contributed by atoms with E-state index in [1.54, 1.807) is 24.5 Å². The number of amides is 2. The van der Waals surface area contributed by atoms with Crippen LogP contribution in [0.3, 0.4) is 0 Å². The number of rotatable bonds is 7. The van der Waals surface area contributed by atoms with Crippen molar-refractivity contribution in [1.82, 2.24) is 15.6 Å². The maximum Gasteiger partial charge on any atom is 0.251 e.